The summed E-state index contributed by atoms with van der Waals surface area (Å²) in [5.74, 6) is -1.37. The van der Waals surface area contributed by atoms with E-state index in [1.54, 1.807) is 13.8 Å². The summed E-state index contributed by atoms with van der Waals surface area (Å²) in [6, 6.07) is 4.90. The van der Waals surface area contributed by atoms with E-state index in [4.69, 9.17) is 0 Å². The van der Waals surface area contributed by atoms with Crippen LogP contribution in [0.2, 0.25) is 0 Å². The Balaban J connectivity index is 2.25. The number of carbonyl (C=O) groups excluding carboxylic acids is 1. The van der Waals surface area contributed by atoms with Gasteiger partial charge in [0.25, 0.3) is 5.91 Å². The molecule has 23 heavy (non-hydrogen) atoms. The SMILES string of the molecule is CC(C)S(=O)(=O)c1ccc(C(=O)N2CCCC[C@@H]2C(=O)O)cc1. The van der Waals surface area contributed by atoms with Crippen LogP contribution >= 0.6 is 0 Å². The number of benzene rings is 1. The van der Waals surface area contributed by atoms with Crippen LogP contribution in [0.1, 0.15) is 43.5 Å². The first kappa shape index (κ1) is 17.5. The van der Waals surface area contributed by atoms with Gasteiger partial charge in [0, 0.05) is 12.1 Å². The van der Waals surface area contributed by atoms with Crippen molar-refractivity contribution in [1.29, 1.82) is 0 Å². The number of piperidine rings is 1. The Kier molecular flexibility index (Phi) is 5.09. The number of sulfone groups is 1. The van der Waals surface area contributed by atoms with E-state index in [-0.39, 0.29) is 10.8 Å². The predicted octanol–water partition coefficient (Wildman–Crippen LogP) is 1.95. The summed E-state index contributed by atoms with van der Waals surface area (Å²) in [6.07, 6.45) is 2.00. The molecular formula is C16H21NO5S. The highest BCUT2D eigenvalue weighted by Crippen LogP contribution is 2.22. The Labute approximate surface area is 136 Å². The van der Waals surface area contributed by atoms with E-state index in [1.165, 1.54) is 29.2 Å². The average molecular weight is 339 g/mol. The maximum atomic E-state index is 12.5. The first-order valence-corrected chi connectivity index (χ1v) is 9.17. The second kappa shape index (κ2) is 6.70. The number of carboxylic acids is 1. The molecule has 7 heteroatoms. The molecule has 1 atom stereocenters. The van der Waals surface area contributed by atoms with Crippen LogP contribution < -0.4 is 0 Å². The lowest BCUT2D eigenvalue weighted by Crippen LogP contribution is -2.47. The second-order valence-corrected chi connectivity index (χ2v) is 8.47. The third-order valence-corrected chi connectivity index (χ3v) is 6.27. The van der Waals surface area contributed by atoms with Crippen LogP contribution in [0.5, 0.6) is 0 Å². The standard InChI is InChI=1S/C16H21NO5S/c1-11(2)23(21,22)13-8-6-12(7-9-13)15(18)17-10-4-3-5-14(17)16(19)20/h6-9,11,14H,3-5,10H2,1-2H3,(H,19,20)/t14-/m1/s1. The Morgan fingerprint density at radius 2 is 1.78 bits per heavy atom. The lowest BCUT2D eigenvalue weighted by molar-refractivity contribution is -0.143. The minimum Gasteiger partial charge on any atom is -0.480 e. The van der Waals surface area contributed by atoms with Crippen molar-refractivity contribution >= 4 is 21.7 Å². The zero-order valence-corrected chi connectivity index (χ0v) is 14.0. The molecule has 0 bridgehead atoms. The van der Waals surface area contributed by atoms with Gasteiger partial charge in [-0.05, 0) is 57.4 Å². The molecule has 1 aromatic rings. The fourth-order valence-corrected chi connectivity index (χ4v) is 3.72. The summed E-state index contributed by atoms with van der Waals surface area (Å²) >= 11 is 0. The number of carboxylic acid groups (broad SMARTS) is 1. The van der Waals surface area contributed by atoms with Crippen molar-refractivity contribution in [1.82, 2.24) is 4.90 Å². The van der Waals surface area contributed by atoms with Crippen molar-refractivity contribution < 1.29 is 23.1 Å². The molecule has 1 aliphatic heterocycles. The maximum Gasteiger partial charge on any atom is 0.326 e. The van der Waals surface area contributed by atoms with E-state index in [1.807, 2.05) is 0 Å². The topological polar surface area (TPSA) is 91.8 Å². The minimum atomic E-state index is -3.39. The lowest BCUT2D eigenvalue weighted by Gasteiger charge is -2.33. The lowest BCUT2D eigenvalue weighted by atomic mass is 10.0. The van der Waals surface area contributed by atoms with E-state index in [0.29, 0.717) is 18.5 Å². The van der Waals surface area contributed by atoms with Crippen LogP contribution in [0.4, 0.5) is 0 Å². The normalized spacial score (nSPS) is 18.9. The zero-order valence-electron chi connectivity index (χ0n) is 13.2. The molecular weight excluding hydrogens is 318 g/mol. The predicted molar refractivity (Wildman–Crippen MR) is 85.1 cm³/mol. The molecule has 0 radical (unpaired) electrons. The molecule has 0 aromatic heterocycles. The zero-order chi connectivity index (χ0) is 17.2. The minimum absolute atomic E-state index is 0.164. The van der Waals surface area contributed by atoms with Crippen molar-refractivity contribution in [3.63, 3.8) is 0 Å². The molecule has 1 aromatic carbocycles. The average Bonchev–Trinajstić information content (AvgIpc) is 2.54. The Morgan fingerprint density at radius 1 is 1.17 bits per heavy atom. The van der Waals surface area contributed by atoms with Gasteiger partial charge in [0.2, 0.25) is 0 Å². The molecule has 2 rings (SSSR count). The number of carbonyl (C=O) groups is 2. The first-order valence-electron chi connectivity index (χ1n) is 7.63. The molecule has 1 fully saturated rings. The van der Waals surface area contributed by atoms with Crippen molar-refractivity contribution in [2.45, 2.75) is 49.3 Å². The largest absolute Gasteiger partial charge is 0.480 e. The van der Waals surface area contributed by atoms with Crippen LogP contribution in [0.15, 0.2) is 29.2 Å². The van der Waals surface area contributed by atoms with Gasteiger partial charge in [0.05, 0.1) is 10.1 Å². The van der Waals surface area contributed by atoms with Gasteiger partial charge in [-0.15, -0.1) is 0 Å². The monoisotopic (exact) mass is 339 g/mol. The number of likely N-dealkylation sites (tertiary alicyclic amines) is 1. The highest BCUT2D eigenvalue weighted by Gasteiger charge is 2.32. The van der Waals surface area contributed by atoms with Crippen molar-refractivity contribution in [2.75, 3.05) is 6.54 Å². The molecule has 1 saturated heterocycles. The van der Waals surface area contributed by atoms with E-state index in [0.717, 1.165) is 12.8 Å². The number of amides is 1. The van der Waals surface area contributed by atoms with Crippen LogP contribution in [0.3, 0.4) is 0 Å². The van der Waals surface area contributed by atoms with Gasteiger partial charge in [-0.2, -0.15) is 0 Å². The van der Waals surface area contributed by atoms with Gasteiger partial charge in [0.1, 0.15) is 6.04 Å². The molecule has 0 saturated carbocycles. The smallest absolute Gasteiger partial charge is 0.326 e. The second-order valence-electron chi connectivity index (χ2n) is 5.97. The van der Waals surface area contributed by atoms with Gasteiger partial charge in [-0.3, -0.25) is 4.79 Å². The third-order valence-electron chi connectivity index (χ3n) is 4.10. The number of hydrogen-bond donors (Lipinski definition) is 1. The summed E-state index contributed by atoms with van der Waals surface area (Å²) in [4.78, 5) is 25.3. The van der Waals surface area contributed by atoms with Crippen LogP contribution in [0, 0.1) is 0 Å². The number of rotatable bonds is 4. The highest BCUT2D eigenvalue weighted by atomic mass is 32.2. The molecule has 1 heterocycles. The summed E-state index contributed by atoms with van der Waals surface area (Å²) in [6.45, 7) is 3.60. The molecule has 1 amide bonds. The quantitative estimate of drug-likeness (QED) is 0.905. The molecule has 0 spiro atoms. The van der Waals surface area contributed by atoms with Crippen LogP contribution in [-0.4, -0.2) is 48.1 Å². The first-order chi connectivity index (χ1) is 10.7. The Bertz CT molecular complexity index is 694. The van der Waals surface area contributed by atoms with Crippen molar-refractivity contribution in [2.24, 2.45) is 0 Å². The van der Waals surface area contributed by atoms with Gasteiger partial charge in [-0.25, -0.2) is 13.2 Å². The highest BCUT2D eigenvalue weighted by molar-refractivity contribution is 7.92. The molecule has 1 N–H and O–H groups in total. The van der Waals surface area contributed by atoms with Crippen LogP contribution in [-0.2, 0) is 14.6 Å². The molecule has 126 valence electrons. The summed E-state index contributed by atoms with van der Waals surface area (Å²) in [5, 5.41) is 8.70. The maximum absolute atomic E-state index is 12.5. The fourth-order valence-electron chi connectivity index (χ4n) is 2.66. The number of aliphatic carboxylic acids is 1. The van der Waals surface area contributed by atoms with E-state index < -0.39 is 27.1 Å². The summed E-state index contributed by atoms with van der Waals surface area (Å²) in [5.41, 5.74) is 0.306. The van der Waals surface area contributed by atoms with Crippen molar-refractivity contribution in [3.8, 4) is 0 Å². The van der Waals surface area contributed by atoms with Gasteiger partial charge in [0.15, 0.2) is 9.84 Å². The Morgan fingerprint density at radius 3 is 2.30 bits per heavy atom. The molecule has 6 nitrogen and oxygen atoms in total. The van der Waals surface area contributed by atoms with Crippen LogP contribution in [0.25, 0.3) is 0 Å². The van der Waals surface area contributed by atoms with Crippen molar-refractivity contribution in [3.05, 3.63) is 29.8 Å². The van der Waals surface area contributed by atoms with Gasteiger partial charge < -0.3 is 10.0 Å². The number of hydrogen-bond acceptors (Lipinski definition) is 4. The molecule has 0 aliphatic carbocycles. The molecule has 0 unspecified atom stereocenters. The van der Waals surface area contributed by atoms with E-state index in [2.05, 4.69) is 0 Å². The van der Waals surface area contributed by atoms with Gasteiger partial charge >= 0.3 is 5.97 Å². The van der Waals surface area contributed by atoms with Gasteiger partial charge in [-0.1, -0.05) is 0 Å². The number of nitrogens with zero attached hydrogens (tertiary/aromatic N) is 1. The molecule has 1 aliphatic rings. The van der Waals surface area contributed by atoms with E-state index >= 15 is 0 Å². The van der Waals surface area contributed by atoms with E-state index in [9.17, 15) is 23.1 Å². The summed E-state index contributed by atoms with van der Waals surface area (Å²) < 4.78 is 24.2. The third kappa shape index (κ3) is 3.55. The summed E-state index contributed by atoms with van der Waals surface area (Å²) in [7, 11) is -3.39. The Hall–Kier alpha value is -1.89. The fraction of sp³-hybridized carbons (Fsp3) is 0.500.